The number of furan rings is 1. The molecule has 0 aliphatic heterocycles. The first-order chi connectivity index (χ1) is 12.4. The van der Waals surface area contributed by atoms with E-state index in [4.69, 9.17) is 13.9 Å². The van der Waals surface area contributed by atoms with Crippen molar-refractivity contribution in [2.45, 2.75) is 6.92 Å². The number of para-hydroxylation sites is 1. The SMILES string of the molecule is COc1ccc(C(=O)COC(=O)c2oc3c(F)cccc3c2C)cc1F. The standard InChI is InChI=1S/C19H14F2O5/c1-10-12-4-3-5-13(20)18(12)26-17(10)19(23)25-9-15(22)11-6-7-16(24-2)14(21)8-11/h3-8H,9H2,1-2H3. The number of ketones is 1. The first kappa shape index (κ1) is 17.6. The lowest BCUT2D eigenvalue weighted by atomic mass is 10.1. The molecule has 1 aromatic heterocycles. The normalized spacial score (nSPS) is 10.8. The zero-order chi connectivity index (χ0) is 18.8. The molecule has 0 radical (unpaired) electrons. The van der Waals surface area contributed by atoms with Gasteiger partial charge in [0.15, 0.2) is 35.4 Å². The largest absolute Gasteiger partial charge is 0.494 e. The van der Waals surface area contributed by atoms with E-state index in [0.29, 0.717) is 10.9 Å². The zero-order valence-electron chi connectivity index (χ0n) is 14.0. The Morgan fingerprint density at radius 1 is 1.12 bits per heavy atom. The van der Waals surface area contributed by atoms with E-state index >= 15 is 0 Å². The maximum Gasteiger partial charge on any atom is 0.375 e. The van der Waals surface area contributed by atoms with E-state index in [9.17, 15) is 18.4 Å². The number of carbonyl (C=O) groups is 2. The van der Waals surface area contributed by atoms with Crippen molar-refractivity contribution in [1.29, 1.82) is 0 Å². The van der Waals surface area contributed by atoms with Gasteiger partial charge in [0.2, 0.25) is 5.76 Å². The average molecular weight is 360 g/mol. The molecule has 0 unspecified atom stereocenters. The van der Waals surface area contributed by atoms with Gasteiger partial charge in [-0.3, -0.25) is 4.79 Å². The van der Waals surface area contributed by atoms with Crippen molar-refractivity contribution in [3.63, 3.8) is 0 Å². The Labute approximate surface area is 147 Å². The van der Waals surface area contributed by atoms with Gasteiger partial charge in [0.1, 0.15) is 0 Å². The van der Waals surface area contributed by atoms with Gasteiger partial charge in [-0.2, -0.15) is 0 Å². The Hall–Kier alpha value is -3.22. The van der Waals surface area contributed by atoms with Crippen LogP contribution in [0.3, 0.4) is 0 Å². The molecule has 7 heteroatoms. The molecule has 0 N–H and O–H groups in total. The smallest absolute Gasteiger partial charge is 0.375 e. The van der Waals surface area contributed by atoms with E-state index in [0.717, 1.165) is 6.07 Å². The van der Waals surface area contributed by atoms with E-state index in [1.165, 1.54) is 31.4 Å². The molecule has 0 saturated carbocycles. The van der Waals surface area contributed by atoms with Gasteiger partial charge < -0.3 is 13.9 Å². The quantitative estimate of drug-likeness (QED) is 0.507. The highest BCUT2D eigenvalue weighted by molar-refractivity contribution is 6.00. The number of benzene rings is 2. The van der Waals surface area contributed by atoms with Crippen LogP contribution in [0.15, 0.2) is 40.8 Å². The summed E-state index contributed by atoms with van der Waals surface area (Å²) in [5.74, 6) is -2.99. The molecule has 1 heterocycles. The predicted molar refractivity (Wildman–Crippen MR) is 88.5 cm³/mol. The van der Waals surface area contributed by atoms with E-state index in [-0.39, 0.29) is 22.7 Å². The molecule has 2 aromatic carbocycles. The number of methoxy groups -OCH3 is 1. The monoisotopic (exact) mass is 360 g/mol. The summed E-state index contributed by atoms with van der Waals surface area (Å²) in [6, 6.07) is 7.98. The minimum Gasteiger partial charge on any atom is -0.494 e. The molecule has 0 aliphatic rings. The minimum atomic E-state index is -0.902. The lowest BCUT2D eigenvalue weighted by Crippen LogP contribution is -2.14. The number of aryl methyl sites for hydroxylation is 1. The van der Waals surface area contributed by atoms with Crippen molar-refractivity contribution in [3.8, 4) is 5.75 Å². The number of hydrogen-bond acceptors (Lipinski definition) is 5. The van der Waals surface area contributed by atoms with Gasteiger partial charge in [-0.15, -0.1) is 0 Å². The first-order valence-electron chi connectivity index (χ1n) is 7.64. The van der Waals surface area contributed by atoms with Gasteiger partial charge in [-0.05, 0) is 31.2 Å². The van der Waals surface area contributed by atoms with Crippen LogP contribution in [0.25, 0.3) is 11.0 Å². The number of Topliss-reactive ketones (excluding diaryl/α,β-unsaturated/α-hetero) is 1. The third-order valence-electron chi connectivity index (χ3n) is 3.91. The molecule has 134 valence electrons. The van der Waals surface area contributed by atoms with Gasteiger partial charge in [0, 0.05) is 16.5 Å². The fraction of sp³-hybridized carbons (Fsp3) is 0.158. The zero-order valence-corrected chi connectivity index (χ0v) is 14.0. The van der Waals surface area contributed by atoms with Crippen molar-refractivity contribution >= 4 is 22.7 Å². The fourth-order valence-corrected chi connectivity index (χ4v) is 2.52. The van der Waals surface area contributed by atoms with Crippen molar-refractivity contribution in [1.82, 2.24) is 0 Å². The summed E-state index contributed by atoms with van der Waals surface area (Å²) in [7, 11) is 1.31. The second-order valence-corrected chi connectivity index (χ2v) is 5.52. The van der Waals surface area contributed by atoms with Crippen LogP contribution in [-0.2, 0) is 4.74 Å². The molecule has 0 fully saturated rings. The topological polar surface area (TPSA) is 65.7 Å². The highest BCUT2D eigenvalue weighted by Crippen LogP contribution is 2.27. The molecule has 0 saturated heterocycles. The number of hydrogen-bond donors (Lipinski definition) is 0. The number of halogens is 2. The average Bonchev–Trinajstić information content (AvgIpc) is 2.97. The van der Waals surface area contributed by atoms with Crippen LogP contribution in [0.2, 0.25) is 0 Å². The van der Waals surface area contributed by atoms with Gasteiger partial charge in [-0.25, -0.2) is 13.6 Å². The summed E-state index contributed by atoms with van der Waals surface area (Å²) in [4.78, 5) is 24.2. The lowest BCUT2D eigenvalue weighted by molar-refractivity contribution is 0.0445. The molecule has 0 atom stereocenters. The van der Waals surface area contributed by atoms with Crippen LogP contribution in [-0.4, -0.2) is 25.5 Å². The summed E-state index contributed by atoms with van der Waals surface area (Å²) in [5.41, 5.74) is 0.386. The van der Waals surface area contributed by atoms with E-state index in [2.05, 4.69) is 0 Å². The molecule has 26 heavy (non-hydrogen) atoms. The highest BCUT2D eigenvalue weighted by Gasteiger charge is 2.22. The second kappa shape index (κ2) is 6.95. The summed E-state index contributed by atoms with van der Waals surface area (Å²) >= 11 is 0. The summed E-state index contributed by atoms with van der Waals surface area (Å²) < 4.78 is 42.3. The third kappa shape index (κ3) is 3.15. The highest BCUT2D eigenvalue weighted by atomic mass is 19.1. The molecule has 3 aromatic rings. The van der Waals surface area contributed by atoms with Crippen LogP contribution >= 0.6 is 0 Å². The maximum atomic E-state index is 13.7. The van der Waals surface area contributed by atoms with Gasteiger partial charge in [0.05, 0.1) is 7.11 Å². The van der Waals surface area contributed by atoms with Crippen LogP contribution in [0.1, 0.15) is 26.5 Å². The number of rotatable bonds is 5. The molecular weight excluding hydrogens is 346 g/mol. The number of carbonyl (C=O) groups excluding carboxylic acids is 2. The van der Waals surface area contributed by atoms with E-state index < -0.39 is 30.0 Å². The Kier molecular flexibility index (Phi) is 4.71. The predicted octanol–water partition coefficient (Wildman–Crippen LogP) is 4.07. The third-order valence-corrected chi connectivity index (χ3v) is 3.91. The fourth-order valence-electron chi connectivity index (χ4n) is 2.52. The molecule has 0 aliphatic carbocycles. The van der Waals surface area contributed by atoms with Crippen LogP contribution in [0.5, 0.6) is 5.75 Å². The van der Waals surface area contributed by atoms with Crippen molar-refractivity contribution in [2.75, 3.05) is 13.7 Å². The second-order valence-electron chi connectivity index (χ2n) is 5.52. The molecule has 5 nitrogen and oxygen atoms in total. The first-order valence-corrected chi connectivity index (χ1v) is 7.64. The van der Waals surface area contributed by atoms with Crippen LogP contribution in [0.4, 0.5) is 8.78 Å². The maximum absolute atomic E-state index is 13.7. The van der Waals surface area contributed by atoms with Gasteiger partial charge in [0.25, 0.3) is 0 Å². The molecule has 0 bridgehead atoms. The summed E-state index contributed by atoms with van der Waals surface area (Å²) in [6.07, 6.45) is 0. The Morgan fingerprint density at radius 3 is 2.54 bits per heavy atom. The Bertz CT molecular complexity index is 1010. The Balaban J connectivity index is 1.75. The van der Waals surface area contributed by atoms with Crippen LogP contribution in [0, 0.1) is 18.6 Å². The lowest BCUT2D eigenvalue weighted by Gasteiger charge is -2.05. The molecular formula is C19H14F2O5. The molecule has 0 spiro atoms. The number of fused-ring (bicyclic) bond motifs is 1. The Morgan fingerprint density at radius 2 is 1.88 bits per heavy atom. The van der Waals surface area contributed by atoms with Gasteiger partial charge in [-0.1, -0.05) is 12.1 Å². The van der Waals surface area contributed by atoms with Crippen molar-refractivity contribution in [2.24, 2.45) is 0 Å². The summed E-state index contributed by atoms with van der Waals surface area (Å²) in [6.45, 7) is 0.978. The van der Waals surface area contributed by atoms with Crippen LogP contribution < -0.4 is 4.74 Å². The molecule has 3 rings (SSSR count). The van der Waals surface area contributed by atoms with Gasteiger partial charge >= 0.3 is 5.97 Å². The number of esters is 1. The van der Waals surface area contributed by atoms with E-state index in [1.807, 2.05) is 0 Å². The number of ether oxygens (including phenoxy) is 2. The summed E-state index contributed by atoms with van der Waals surface area (Å²) in [5, 5.41) is 0.445. The van der Waals surface area contributed by atoms with Crippen molar-refractivity contribution in [3.05, 3.63) is 64.9 Å². The minimum absolute atomic E-state index is 0.00142. The van der Waals surface area contributed by atoms with Crippen molar-refractivity contribution < 1.29 is 32.3 Å². The molecule has 0 amide bonds. The van der Waals surface area contributed by atoms with E-state index in [1.54, 1.807) is 13.0 Å².